The molecule has 4 nitrogen and oxygen atoms in total. The van der Waals surface area contributed by atoms with E-state index in [0.717, 1.165) is 28.1 Å². The van der Waals surface area contributed by atoms with Crippen LogP contribution in [-0.4, -0.2) is 14.5 Å². The zero-order valence-electron chi connectivity index (χ0n) is 12.2. The van der Waals surface area contributed by atoms with Gasteiger partial charge in [0.15, 0.2) is 0 Å². The summed E-state index contributed by atoms with van der Waals surface area (Å²) in [5, 5.41) is 1.08. The van der Waals surface area contributed by atoms with Crippen LogP contribution in [0.4, 0.5) is 0 Å². The van der Waals surface area contributed by atoms with Gasteiger partial charge in [-0.25, -0.2) is 4.98 Å². The average molecular weight is 289 g/mol. The maximum Gasteiger partial charge on any atom is 0.140 e. The van der Waals surface area contributed by atoms with Gasteiger partial charge in [0.05, 0.1) is 18.5 Å². The van der Waals surface area contributed by atoms with Crippen molar-refractivity contribution >= 4 is 11.0 Å². The van der Waals surface area contributed by atoms with E-state index in [0.29, 0.717) is 6.54 Å². The molecule has 3 aromatic heterocycles. The number of hydrogen-bond donors (Lipinski definition) is 0. The Morgan fingerprint density at radius 3 is 2.95 bits per heavy atom. The van der Waals surface area contributed by atoms with Gasteiger partial charge in [0, 0.05) is 29.5 Å². The smallest absolute Gasteiger partial charge is 0.140 e. The predicted molar refractivity (Wildman–Crippen MR) is 85.5 cm³/mol. The first-order chi connectivity index (χ1) is 10.8. The maximum absolute atomic E-state index is 5.39. The van der Waals surface area contributed by atoms with Crippen LogP contribution in [0, 0.1) is 6.92 Å². The normalized spacial score (nSPS) is 11.1. The first-order valence-corrected chi connectivity index (χ1v) is 7.20. The summed E-state index contributed by atoms with van der Waals surface area (Å²) >= 11 is 0. The Morgan fingerprint density at radius 1 is 1.09 bits per heavy atom. The second kappa shape index (κ2) is 5.15. The van der Waals surface area contributed by atoms with Crippen LogP contribution in [-0.2, 0) is 6.54 Å². The van der Waals surface area contributed by atoms with Crippen molar-refractivity contribution in [2.75, 3.05) is 0 Å². The summed E-state index contributed by atoms with van der Waals surface area (Å²) in [5.74, 6) is 0.938. The minimum Gasteiger partial charge on any atom is -0.464 e. The molecule has 0 fully saturated rings. The second-order valence-corrected chi connectivity index (χ2v) is 5.32. The Morgan fingerprint density at radius 2 is 2.05 bits per heavy atom. The number of hydrogen-bond acceptors (Lipinski definition) is 3. The molecule has 0 radical (unpaired) electrons. The molecule has 0 bridgehead atoms. The van der Waals surface area contributed by atoms with Crippen LogP contribution in [0.1, 0.15) is 11.3 Å². The summed E-state index contributed by atoms with van der Waals surface area (Å²) in [6.07, 6.45) is 7.35. The lowest BCUT2D eigenvalue weighted by atomic mass is 10.1. The van der Waals surface area contributed by atoms with E-state index in [1.54, 1.807) is 6.26 Å². The molecular weight excluding hydrogens is 274 g/mol. The lowest BCUT2D eigenvalue weighted by molar-refractivity contribution is 0.616. The predicted octanol–water partition coefficient (Wildman–Crippen LogP) is 4.05. The van der Waals surface area contributed by atoms with Gasteiger partial charge in [-0.1, -0.05) is 6.07 Å². The van der Waals surface area contributed by atoms with Crippen LogP contribution >= 0.6 is 0 Å². The fourth-order valence-corrected chi connectivity index (χ4v) is 2.65. The molecule has 0 aliphatic heterocycles. The minimum absolute atomic E-state index is 0.714. The van der Waals surface area contributed by atoms with E-state index < -0.39 is 0 Å². The van der Waals surface area contributed by atoms with E-state index in [1.165, 1.54) is 5.56 Å². The molecule has 4 heteroatoms. The van der Waals surface area contributed by atoms with Crippen LogP contribution in [0.15, 0.2) is 65.7 Å². The van der Waals surface area contributed by atoms with Crippen molar-refractivity contribution in [3.8, 4) is 11.4 Å². The molecule has 108 valence electrons. The Bertz CT molecular complexity index is 936. The molecule has 0 saturated heterocycles. The van der Waals surface area contributed by atoms with Gasteiger partial charge in [0.1, 0.15) is 11.4 Å². The highest BCUT2D eigenvalue weighted by Gasteiger charge is 2.09. The Kier molecular flexibility index (Phi) is 3.00. The Balaban J connectivity index is 1.74. The molecule has 0 saturated carbocycles. The molecule has 0 aliphatic carbocycles. The van der Waals surface area contributed by atoms with E-state index in [1.807, 2.05) is 42.9 Å². The molecule has 0 aliphatic rings. The second-order valence-electron chi connectivity index (χ2n) is 5.32. The topological polar surface area (TPSA) is 43.9 Å². The standard InChI is InChI=1S/C18H15N3O/c1-13-3-2-7-19-16(13)12-21-9-8-20-18(21)15-4-5-17-14(11-15)6-10-22-17/h2-11H,12H2,1H3. The van der Waals surface area contributed by atoms with Gasteiger partial charge < -0.3 is 8.98 Å². The van der Waals surface area contributed by atoms with Crippen LogP contribution in [0.2, 0.25) is 0 Å². The van der Waals surface area contributed by atoms with Gasteiger partial charge >= 0.3 is 0 Å². The molecule has 3 heterocycles. The lowest BCUT2D eigenvalue weighted by Crippen LogP contribution is -2.04. The van der Waals surface area contributed by atoms with Crippen molar-refractivity contribution in [2.24, 2.45) is 0 Å². The maximum atomic E-state index is 5.39. The van der Waals surface area contributed by atoms with E-state index in [-0.39, 0.29) is 0 Å². The number of pyridine rings is 1. The third-order valence-electron chi connectivity index (χ3n) is 3.86. The van der Waals surface area contributed by atoms with E-state index >= 15 is 0 Å². The first-order valence-electron chi connectivity index (χ1n) is 7.20. The highest BCUT2D eigenvalue weighted by atomic mass is 16.3. The summed E-state index contributed by atoms with van der Waals surface area (Å²) in [6.45, 7) is 2.79. The third-order valence-corrected chi connectivity index (χ3v) is 3.86. The Labute approximate surface area is 128 Å². The van der Waals surface area contributed by atoms with Crippen molar-refractivity contribution < 1.29 is 4.42 Å². The van der Waals surface area contributed by atoms with E-state index in [4.69, 9.17) is 4.42 Å². The first kappa shape index (κ1) is 12.8. The number of rotatable bonds is 3. The van der Waals surface area contributed by atoms with Crippen molar-refractivity contribution in [2.45, 2.75) is 13.5 Å². The molecule has 0 atom stereocenters. The molecular formula is C18H15N3O. The van der Waals surface area contributed by atoms with Gasteiger partial charge in [0.2, 0.25) is 0 Å². The van der Waals surface area contributed by atoms with E-state index in [9.17, 15) is 0 Å². The number of nitrogens with zero attached hydrogens (tertiary/aromatic N) is 3. The van der Waals surface area contributed by atoms with Crippen molar-refractivity contribution in [3.05, 3.63) is 72.5 Å². The van der Waals surface area contributed by atoms with E-state index in [2.05, 4.69) is 33.6 Å². The minimum atomic E-state index is 0.714. The number of aryl methyl sites for hydroxylation is 1. The zero-order chi connectivity index (χ0) is 14.9. The number of benzene rings is 1. The SMILES string of the molecule is Cc1cccnc1Cn1ccnc1-c1ccc2occc2c1. The summed E-state index contributed by atoms with van der Waals surface area (Å²) in [7, 11) is 0. The largest absolute Gasteiger partial charge is 0.464 e. The van der Waals surface area contributed by atoms with Gasteiger partial charge in [-0.2, -0.15) is 0 Å². The molecule has 22 heavy (non-hydrogen) atoms. The van der Waals surface area contributed by atoms with Crippen molar-refractivity contribution in [3.63, 3.8) is 0 Å². The van der Waals surface area contributed by atoms with Crippen LogP contribution in [0.3, 0.4) is 0 Å². The van der Waals surface area contributed by atoms with Crippen LogP contribution in [0.25, 0.3) is 22.4 Å². The number of fused-ring (bicyclic) bond motifs is 1. The molecule has 0 unspecified atom stereocenters. The molecule has 0 amide bonds. The molecule has 0 N–H and O–H groups in total. The molecule has 4 aromatic rings. The monoisotopic (exact) mass is 289 g/mol. The fourth-order valence-electron chi connectivity index (χ4n) is 2.65. The number of imidazole rings is 1. The summed E-state index contributed by atoms with van der Waals surface area (Å²) in [5.41, 5.74) is 4.22. The van der Waals surface area contributed by atoms with Gasteiger partial charge in [-0.3, -0.25) is 4.98 Å². The van der Waals surface area contributed by atoms with Crippen molar-refractivity contribution in [1.82, 2.24) is 14.5 Å². The number of furan rings is 1. The zero-order valence-corrected chi connectivity index (χ0v) is 12.2. The average Bonchev–Trinajstić information content (AvgIpc) is 3.17. The molecule has 4 rings (SSSR count). The third kappa shape index (κ3) is 2.19. The van der Waals surface area contributed by atoms with Crippen molar-refractivity contribution in [1.29, 1.82) is 0 Å². The Hall–Kier alpha value is -2.88. The highest BCUT2D eigenvalue weighted by molar-refractivity contribution is 5.82. The van der Waals surface area contributed by atoms with Gasteiger partial charge in [-0.05, 0) is 42.8 Å². The fraction of sp³-hybridized carbons (Fsp3) is 0.111. The molecule has 1 aromatic carbocycles. The van der Waals surface area contributed by atoms with Gasteiger partial charge in [0.25, 0.3) is 0 Å². The highest BCUT2D eigenvalue weighted by Crippen LogP contribution is 2.24. The van der Waals surface area contributed by atoms with Crippen LogP contribution in [0.5, 0.6) is 0 Å². The lowest BCUT2D eigenvalue weighted by Gasteiger charge is -2.09. The summed E-state index contributed by atoms with van der Waals surface area (Å²) < 4.78 is 7.52. The van der Waals surface area contributed by atoms with Gasteiger partial charge in [-0.15, -0.1) is 0 Å². The number of aromatic nitrogens is 3. The summed E-state index contributed by atoms with van der Waals surface area (Å²) in [6, 6.07) is 12.1. The van der Waals surface area contributed by atoms with Crippen LogP contribution < -0.4 is 0 Å². The quantitative estimate of drug-likeness (QED) is 0.571. The summed E-state index contributed by atoms with van der Waals surface area (Å²) in [4.78, 5) is 8.97. The molecule has 0 spiro atoms.